The number of hydrogen-bond acceptors (Lipinski definition) is 3. The third-order valence-electron chi connectivity index (χ3n) is 5.84. The van der Waals surface area contributed by atoms with Crippen molar-refractivity contribution in [2.75, 3.05) is 20.7 Å². The molecule has 5 rings (SSSR count). The number of hydrogen-bond donors (Lipinski definition) is 0. The maximum absolute atomic E-state index is 6.36. The van der Waals surface area contributed by atoms with Gasteiger partial charge in [-0.15, -0.1) is 0 Å². The van der Waals surface area contributed by atoms with E-state index in [1.807, 2.05) is 0 Å². The van der Waals surface area contributed by atoms with Gasteiger partial charge in [-0.3, -0.25) is 4.90 Å². The fourth-order valence-electron chi connectivity index (χ4n) is 4.87. The van der Waals surface area contributed by atoms with Gasteiger partial charge in [0, 0.05) is 11.6 Å². The first kappa shape index (κ1) is 11.9. The molecule has 0 N–H and O–H groups in total. The summed E-state index contributed by atoms with van der Waals surface area (Å²) in [5, 5.41) is 0. The van der Waals surface area contributed by atoms with Crippen molar-refractivity contribution in [1.82, 2.24) is 4.90 Å². The van der Waals surface area contributed by atoms with Crippen molar-refractivity contribution in [2.45, 2.75) is 30.4 Å². The molecule has 1 spiro atoms. The van der Waals surface area contributed by atoms with Crippen LogP contribution in [0.15, 0.2) is 35.9 Å². The third-order valence-corrected chi connectivity index (χ3v) is 5.84. The average molecular weight is 281 g/mol. The minimum Gasteiger partial charge on any atom is -0.493 e. The van der Waals surface area contributed by atoms with Crippen molar-refractivity contribution < 1.29 is 9.47 Å². The summed E-state index contributed by atoms with van der Waals surface area (Å²) in [5.41, 5.74) is 4.45. The van der Waals surface area contributed by atoms with E-state index < -0.39 is 0 Å². The number of rotatable bonds is 1. The number of methoxy groups -OCH3 is 1. The molecule has 108 valence electrons. The second kappa shape index (κ2) is 3.72. The van der Waals surface area contributed by atoms with Crippen molar-refractivity contribution in [3.05, 3.63) is 47.1 Å². The van der Waals surface area contributed by atoms with Crippen molar-refractivity contribution in [1.29, 1.82) is 0 Å². The minimum atomic E-state index is 0.0589. The van der Waals surface area contributed by atoms with Gasteiger partial charge in [-0.2, -0.15) is 0 Å². The Morgan fingerprint density at radius 3 is 3.14 bits per heavy atom. The van der Waals surface area contributed by atoms with Crippen LogP contribution in [0, 0.1) is 0 Å². The molecule has 0 saturated carbocycles. The zero-order valence-electron chi connectivity index (χ0n) is 12.4. The first-order chi connectivity index (χ1) is 10.3. The largest absolute Gasteiger partial charge is 0.493 e. The number of likely N-dealkylation sites (N-methyl/N-ethyl adjacent to an activating group) is 1. The fraction of sp³-hybridized carbons (Fsp3) is 0.444. The van der Waals surface area contributed by atoms with Crippen LogP contribution >= 0.6 is 0 Å². The van der Waals surface area contributed by atoms with Crippen LogP contribution in [0.3, 0.4) is 0 Å². The van der Waals surface area contributed by atoms with Crippen LogP contribution in [0.5, 0.6) is 11.5 Å². The molecule has 3 heteroatoms. The molecule has 1 fully saturated rings. The average Bonchev–Trinajstić information content (AvgIpc) is 2.84. The first-order valence-electron chi connectivity index (χ1n) is 7.72. The third kappa shape index (κ3) is 1.21. The van der Waals surface area contributed by atoms with Gasteiger partial charge in [-0.05, 0) is 49.7 Å². The zero-order chi connectivity index (χ0) is 14.2. The fourth-order valence-corrected chi connectivity index (χ4v) is 4.87. The number of piperidine rings is 1. The van der Waals surface area contributed by atoms with E-state index in [2.05, 4.69) is 42.3 Å². The highest BCUT2D eigenvalue weighted by Gasteiger charge is 2.59. The maximum atomic E-state index is 6.36. The Bertz CT molecular complexity index is 705. The lowest BCUT2D eigenvalue weighted by molar-refractivity contribution is 0.117. The van der Waals surface area contributed by atoms with Crippen LogP contribution in [-0.4, -0.2) is 37.7 Å². The van der Waals surface area contributed by atoms with E-state index in [0.717, 1.165) is 30.9 Å². The Morgan fingerprint density at radius 1 is 1.38 bits per heavy atom. The van der Waals surface area contributed by atoms with Crippen molar-refractivity contribution in [2.24, 2.45) is 0 Å². The highest BCUT2D eigenvalue weighted by atomic mass is 16.5. The molecule has 2 heterocycles. The van der Waals surface area contributed by atoms with Crippen LogP contribution in [0.4, 0.5) is 0 Å². The van der Waals surface area contributed by atoms with Crippen molar-refractivity contribution in [3.63, 3.8) is 0 Å². The minimum absolute atomic E-state index is 0.0589. The summed E-state index contributed by atoms with van der Waals surface area (Å²) in [6.07, 6.45) is 9.08. The van der Waals surface area contributed by atoms with Crippen LogP contribution < -0.4 is 9.47 Å². The van der Waals surface area contributed by atoms with E-state index in [1.54, 1.807) is 12.7 Å². The van der Waals surface area contributed by atoms with Gasteiger partial charge in [0.05, 0.1) is 12.5 Å². The molecule has 3 atom stereocenters. The van der Waals surface area contributed by atoms with Gasteiger partial charge < -0.3 is 9.47 Å². The summed E-state index contributed by atoms with van der Waals surface area (Å²) in [4.78, 5) is 2.50. The second-order valence-corrected chi connectivity index (χ2v) is 6.60. The Kier molecular flexibility index (Phi) is 2.10. The monoisotopic (exact) mass is 281 g/mol. The summed E-state index contributed by atoms with van der Waals surface area (Å²) in [6.45, 7) is 1.13. The van der Waals surface area contributed by atoms with Gasteiger partial charge in [0.1, 0.15) is 6.10 Å². The number of benzene rings is 1. The molecule has 0 amide bonds. The van der Waals surface area contributed by atoms with E-state index in [1.165, 1.54) is 11.1 Å². The summed E-state index contributed by atoms with van der Waals surface area (Å²) in [6, 6.07) is 4.82. The van der Waals surface area contributed by atoms with Crippen LogP contribution in [0.2, 0.25) is 0 Å². The Balaban J connectivity index is 1.85. The lowest BCUT2D eigenvalue weighted by atomic mass is 9.57. The molecule has 21 heavy (non-hydrogen) atoms. The standard InChI is InChI=1S/C18H19NO2/c1-19-9-8-18-12-4-3-5-15(18)21-17-14(20-2)7-6-11(16(17)18)10-13(12)19/h3-7,13,15H,8-10H2,1-2H3/t13?,15-,18+/m0/s1. The first-order valence-corrected chi connectivity index (χ1v) is 7.72. The van der Waals surface area contributed by atoms with Gasteiger partial charge in [-0.1, -0.05) is 18.2 Å². The zero-order valence-corrected chi connectivity index (χ0v) is 12.4. The van der Waals surface area contributed by atoms with Gasteiger partial charge >= 0.3 is 0 Å². The number of ether oxygens (including phenoxy) is 2. The molecule has 1 unspecified atom stereocenters. The molecular weight excluding hydrogens is 262 g/mol. The summed E-state index contributed by atoms with van der Waals surface area (Å²) >= 11 is 0. The molecule has 2 bridgehead atoms. The van der Waals surface area contributed by atoms with Gasteiger partial charge in [0.15, 0.2) is 11.5 Å². The topological polar surface area (TPSA) is 21.7 Å². The van der Waals surface area contributed by atoms with Gasteiger partial charge in [0.25, 0.3) is 0 Å². The predicted octanol–water partition coefficient (Wildman–Crippen LogP) is 2.45. The smallest absolute Gasteiger partial charge is 0.166 e. The van der Waals surface area contributed by atoms with Gasteiger partial charge in [0.2, 0.25) is 0 Å². The molecule has 3 nitrogen and oxygen atoms in total. The van der Waals surface area contributed by atoms with Crippen LogP contribution in [0.1, 0.15) is 17.5 Å². The quantitative estimate of drug-likeness (QED) is 0.789. The Morgan fingerprint density at radius 2 is 2.29 bits per heavy atom. The van der Waals surface area contributed by atoms with Crippen LogP contribution in [-0.2, 0) is 11.8 Å². The summed E-state index contributed by atoms with van der Waals surface area (Å²) in [7, 11) is 3.98. The maximum Gasteiger partial charge on any atom is 0.166 e. The molecule has 1 aromatic carbocycles. The Hall–Kier alpha value is -1.74. The van der Waals surface area contributed by atoms with E-state index in [4.69, 9.17) is 9.47 Å². The number of likely N-dealkylation sites (tertiary alicyclic amines) is 1. The highest BCUT2D eigenvalue weighted by Crippen LogP contribution is 2.61. The lowest BCUT2D eigenvalue weighted by Crippen LogP contribution is -2.57. The van der Waals surface area contributed by atoms with Crippen molar-refractivity contribution in [3.8, 4) is 11.5 Å². The van der Waals surface area contributed by atoms with E-state index in [0.29, 0.717) is 6.04 Å². The number of allylic oxidation sites excluding steroid dienone is 2. The van der Waals surface area contributed by atoms with E-state index in [9.17, 15) is 0 Å². The number of nitrogens with zero attached hydrogens (tertiary/aromatic N) is 1. The lowest BCUT2D eigenvalue weighted by Gasteiger charge is -2.52. The molecule has 0 radical (unpaired) electrons. The molecule has 0 aromatic heterocycles. The normalized spacial score (nSPS) is 35.0. The Labute approximate surface area is 124 Å². The van der Waals surface area contributed by atoms with E-state index >= 15 is 0 Å². The molecule has 1 aromatic rings. The highest BCUT2D eigenvalue weighted by molar-refractivity contribution is 5.67. The predicted molar refractivity (Wildman–Crippen MR) is 81.1 cm³/mol. The van der Waals surface area contributed by atoms with Crippen LogP contribution in [0.25, 0.3) is 0 Å². The molecular formula is C18H19NO2. The molecule has 2 aliphatic carbocycles. The SMILES string of the molecule is COc1ccc2c3c1O[C@H]1C=CC=C4C(C2)N(C)CC[C@]431. The summed E-state index contributed by atoms with van der Waals surface area (Å²) < 4.78 is 11.9. The molecule has 4 aliphatic rings. The molecule has 2 aliphatic heterocycles. The second-order valence-electron chi connectivity index (χ2n) is 6.60. The summed E-state index contributed by atoms with van der Waals surface area (Å²) in [5.74, 6) is 1.86. The van der Waals surface area contributed by atoms with Crippen molar-refractivity contribution >= 4 is 0 Å². The van der Waals surface area contributed by atoms with Gasteiger partial charge in [-0.25, -0.2) is 0 Å². The molecule has 1 saturated heterocycles. The van der Waals surface area contributed by atoms with E-state index in [-0.39, 0.29) is 11.5 Å².